The molecule has 1 fully saturated rings. The van der Waals surface area contributed by atoms with E-state index in [2.05, 4.69) is 12.1 Å². The minimum atomic E-state index is 0.536. The Morgan fingerprint density at radius 3 is 3.00 bits per heavy atom. The lowest BCUT2D eigenvalue weighted by Crippen LogP contribution is -2.18. The molecule has 1 aromatic carbocycles. The molecule has 3 heteroatoms. The van der Waals surface area contributed by atoms with Crippen molar-refractivity contribution < 1.29 is 9.53 Å². The molecular formula is C18H21NO2. The lowest BCUT2D eigenvalue weighted by molar-refractivity contribution is 0.112. The molecule has 0 amide bonds. The van der Waals surface area contributed by atoms with Crippen molar-refractivity contribution in [3.05, 3.63) is 41.6 Å². The van der Waals surface area contributed by atoms with Crippen molar-refractivity contribution in [1.29, 1.82) is 0 Å². The van der Waals surface area contributed by atoms with Crippen molar-refractivity contribution in [2.75, 3.05) is 13.7 Å². The third-order valence-electron chi connectivity index (χ3n) is 4.47. The van der Waals surface area contributed by atoms with Gasteiger partial charge in [-0.05, 0) is 49.4 Å². The van der Waals surface area contributed by atoms with Crippen molar-refractivity contribution in [1.82, 2.24) is 4.98 Å². The summed E-state index contributed by atoms with van der Waals surface area (Å²) < 4.78 is 5.31. The van der Waals surface area contributed by atoms with Crippen molar-refractivity contribution in [2.45, 2.75) is 31.6 Å². The Bertz CT molecular complexity index is 636. The minimum absolute atomic E-state index is 0.536. The molecule has 0 bridgehead atoms. The number of aldehydes is 1. The van der Waals surface area contributed by atoms with E-state index in [0.717, 1.165) is 23.8 Å². The van der Waals surface area contributed by atoms with Crippen molar-refractivity contribution in [2.24, 2.45) is 5.92 Å². The quantitative estimate of drug-likeness (QED) is 0.797. The highest BCUT2D eigenvalue weighted by atomic mass is 16.5. The fourth-order valence-electron chi connectivity index (χ4n) is 3.41. The first kappa shape index (κ1) is 14.2. The standard InChI is InChI=1S/C18H21NO2/c1-21-12-14-3-2-4-15(10-14)18-8-6-16-9-13(11-20)5-7-17(16)19-18/h5-9,11,14-15H,2-4,10,12H2,1H3/t14-,15-/m1/s1. The molecule has 1 aliphatic rings. The molecule has 2 atom stereocenters. The van der Waals surface area contributed by atoms with Crippen molar-refractivity contribution >= 4 is 17.2 Å². The van der Waals surface area contributed by atoms with Crippen LogP contribution in [0.5, 0.6) is 0 Å². The number of hydrogen-bond acceptors (Lipinski definition) is 3. The number of ether oxygens (including phenoxy) is 1. The van der Waals surface area contributed by atoms with E-state index in [1.54, 1.807) is 7.11 Å². The highest BCUT2D eigenvalue weighted by molar-refractivity contribution is 5.86. The molecule has 3 nitrogen and oxygen atoms in total. The Kier molecular flexibility index (Phi) is 4.30. The summed E-state index contributed by atoms with van der Waals surface area (Å²) in [4.78, 5) is 15.6. The van der Waals surface area contributed by atoms with Crippen LogP contribution in [0.15, 0.2) is 30.3 Å². The Morgan fingerprint density at radius 2 is 2.19 bits per heavy atom. The lowest BCUT2D eigenvalue weighted by Gasteiger charge is -2.28. The van der Waals surface area contributed by atoms with Gasteiger partial charge >= 0.3 is 0 Å². The molecule has 1 aliphatic carbocycles. The monoisotopic (exact) mass is 283 g/mol. The summed E-state index contributed by atoms with van der Waals surface area (Å²) in [5, 5.41) is 1.03. The highest BCUT2D eigenvalue weighted by Crippen LogP contribution is 2.36. The van der Waals surface area contributed by atoms with Gasteiger partial charge in [-0.25, -0.2) is 0 Å². The number of rotatable bonds is 4. The van der Waals surface area contributed by atoms with Gasteiger partial charge in [-0.15, -0.1) is 0 Å². The number of carbonyl (C=O) groups excluding carboxylic acids is 1. The maximum absolute atomic E-state index is 10.8. The molecule has 0 spiro atoms. The molecule has 2 aromatic rings. The Labute approximate surface area is 125 Å². The number of aromatic nitrogens is 1. The molecule has 0 aliphatic heterocycles. The third kappa shape index (κ3) is 3.13. The maximum Gasteiger partial charge on any atom is 0.150 e. The predicted octanol–water partition coefficient (Wildman–Crippen LogP) is 3.97. The largest absolute Gasteiger partial charge is 0.384 e. The first-order valence-corrected chi connectivity index (χ1v) is 7.65. The number of carbonyl (C=O) groups is 1. The summed E-state index contributed by atoms with van der Waals surface area (Å²) in [6, 6.07) is 9.88. The smallest absolute Gasteiger partial charge is 0.150 e. The van der Waals surface area contributed by atoms with Crippen LogP contribution in [0.3, 0.4) is 0 Å². The Hall–Kier alpha value is -1.74. The van der Waals surface area contributed by atoms with Gasteiger partial charge in [0.05, 0.1) is 5.52 Å². The van der Waals surface area contributed by atoms with Crippen LogP contribution >= 0.6 is 0 Å². The van der Waals surface area contributed by atoms with E-state index >= 15 is 0 Å². The van der Waals surface area contributed by atoms with Crippen LogP contribution in [0.25, 0.3) is 10.9 Å². The number of pyridine rings is 1. The molecule has 0 radical (unpaired) electrons. The van der Waals surface area contributed by atoms with E-state index in [1.807, 2.05) is 18.2 Å². The third-order valence-corrected chi connectivity index (χ3v) is 4.47. The van der Waals surface area contributed by atoms with E-state index in [1.165, 1.54) is 31.4 Å². The summed E-state index contributed by atoms with van der Waals surface area (Å²) in [6.45, 7) is 0.854. The molecule has 0 N–H and O–H groups in total. The van der Waals surface area contributed by atoms with Gasteiger partial charge in [-0.2, -0.15) is 0 Å². The van der Waals surface area contributed by atoms with Crippen LogP contribution in [-0.2, 0) is 4.74 Å². The summed E-state index contributed by atoms with van der Waals surface area (Å²) >= 11 is 0. The molecule has 1 heterocycles. The van der Waals surface area contributed by atoms with Crippen LogP contribution in [0.4, 0.5) is 0 Å². The fourth-order valence-corrected chi connectivity index (χ4v) is 3.41. The maximum atomic E-state index is 10.8. The lowest BCUT2D eigenvalue weighted by atomic mass is 9.80. The molecule has 0 unspecified atom stereocenters. The van der Waals surface area contributed by atoms with Gasteiger partial charge in [0.15, 0.2) is 0 Å². The molecule has 0 saturated heterocycles. The second kappa shape index (κ2) is 6.35. The number of methoxy groups -OCH3 is 1. The molecule has 21 heavy (non-hydrogen) atoms. The van der Waals surface area contributed by atoms with Crippen LogP contribution < -0.4 is 0 Å². The first-order valence-electron chi connectivity index (χ1n) is 7.65. The van der Waals surface area contributed by atoms with Crippen LogP contribution in [0.1, 0.15) is 47.7 Å². The van der Waals surface area contributed by atoms with Crippen molar-refractivity contribution in [3.63, 3.8) is 0 Å². The number of hydrogen-bond donors (Lipinski definition) is 0. The summed E-state index contributed by atoms with van der Waals surface area (Å²) in [6.07, 6.45) is 5.77. The average molecular weight is 283 g/mol. The fraction of sp³-hybridized carbons (Fsp3) is 0.444. The van der Waals surface area contributed by atoms with E-state index in [4.69, 9.17) is 9.72 Å². The zero-order valence-corrected chi connectivity index (χ0v) is 12.4. The summed E-state index contributed by atoms with van der Waals surface area (Å²) in [5.74, 6) is 1.19. The Balaban J connectivity index is 1.85. The van der Waals surface area contributed by atoms with Crippen LogP contribution in [0, 0.1) is 5.92 Å². The van der Waals surface area contributed by atoms with E-state index in [0.29, 0.717) is 17.4 Å². The molecule has 3 rings (SSSR count). The van der Waals surface area contributed by atoms with Gasteiger partial charge in [0, 0.05) is 36.3 Å². The highest BCUT2D eigenvalue weighted by Gasteiger charge is 2.24. The van der Waals surface area contributed by atoms with Gasteiger partial charge in [-0.1, -0.05) is 12.5 Å². The SMILES string of the molecule is COC[C@@H]1CCC[C@@H](c2ccc3cc(C=O)ccc3n2)C1. The number of nitrogens with zero attached hydrogens (tertiary/aromatic N) is 1. The van der Waals surface area contributed by atoms with Gasteiger partial charge < -0.3 is 4.74 Å². The van der Waals surface area contributed by atoms with Gasteiger partial charge in [0.1, 0.15) is 6.29 Å². The summed E-state index contributed by atoms with van der Waals surface area (Å²) in [5.41, 5.74) is 2.86. The molecule has 1 saturated carbocycles. The van der Waals surface area contributed by atoms with Crippen molar-refractivity contribution in [3.8, 4) is 0 Å². The summed E-state index contributed by atoms with van der Waals surface area (Å²) in [7, 11) is 1.78. The minimum Gasteiger partial charge on any atom is -0.384 e. The van der Waals surface area contributed by atoms with Crippen LogP contribution in [0.2, 0.25) is 0 Å². The van der Waals surface area contributed by atoms with Gasteiger partial charge in [0.25, 0.3) is 0 Å². The van der Waals surface area contributed by atoms with Gasteiger partial charge in [0.2, 0.25) is 0 Å². The number of fused-ring (bicyclic) bond motifs is 1. The molecular weight excluding hydrogens is 262 g/mol. The van der Waals surface area contributed by atoms with Gasteiger partial charge in [-0.3, -0.25) is 9.78 Å². The molecule has 1 aromatic heterocycles. The zero-order valence-electron chi connectivity index (χ0n) is 12.4. The average Bonchev–Trinajstić information content (AvgIpc) is 2.54. The first-order chi connectivity index (χ1) is 10.3. The number of benzene rings is 1. The molecule has 110 valence electrons. The van der Waals surface area contributed by atoms with E-state index < -0.39 is 0 Å². The second-order valence-electron chi connectivity index (χ2n) is 5.99. The van der Waals surface area contributed by atoms with E-state index in [-0.39, 0.29) is 0 Å². The second-order valence-corrected chi connectivity index (χ2v) is 5.99. The predicted molar refractivity (Wildman–Crippen MR) is 83.7 cm³/mol. The Morgan fingerprint density at radius 1 is 1.29 bits per heavy atom. The normalized spacial score (nSPS) is 22.3. The zero-order chi connectivity index (χ0) is 14.7. The van der Waals surface area contributed by atoms with E-state index in [9.17, 15) is 4.79 Å². The topological polar surface area (TPSA) is 39.2 Å². The van der Waals surface area contributed by atoms with Crippen LogP contribution in [-0.4, -0.2) is 25.0 Å².